The molecule has 0 atom stereocenters. The quantitative estimate of drug-likeness (QED) is 0.200. The van der Waals surface area contributed by atoms with Crippen LogP contribution in [-0.4, -0.2) is 67.1 Å². The Balaban J connectivity index is 1.46. The number of carbonyl (C=O) groups excluding carboxylic acids is 2. The number of nitrogens with one attached hydrogen (secondary N) is 3. The van der Waals surface area contributed by atoms with E-state index in [-0.39, 0.29) is 11.6 Å². The second-order valence-electron chi connectivity index (χ2n) is 10.5. The first-order chi connectivity index (χ1) is 21.7. The molecule has 1 aromatic heterocycles. The van der Waals surface area contributed by atoms with Gasteiger partial charge in [0.1, 0.15) is 29.5 Å². The number of piperazine rings is 1. The van der Waals surface area contributed by atoms with Gasteiger partial charge in [0.05, 0.1) is 18.5 Å². The number of hydrogen-bond donors (Lipinski definition) is 3. The highest BCUT2D eigenvalue weighted by Crippen LogP contribution is 2.34. The fourth-order valence-corrected chi connectivity index (χ4v) is 4.89. The lowest BCUT2D eigenvalue weighted by atomic mass is 10.2. The molecule has 232 valence electrons. The molecule has 11 nitrogen and oxygen atoms in total. The van der Waals surface area contributed by atoms with Crippen molar-refractivity contribution in [3.63, 3.8) is 0 Å². The van der Waals surface area contributed by atoms with Crippen LogP contribution in [-0.2, 0) is 4.79 Å². The summed E-state index contributed by atoms with van der Waals surface area (Å²) in [4.78, 5) is 40.5. The third kappa shape index (κ3) is 7.54. The molecule has 3 aromatic carbocycles. The van der Waals surface area contributed by atoms with Crippen LogP contribution in [0.3, 0.4) is 0 Å². The van der Waals surface area contributed by atoms with Crippen LogP contribution >= 0.6 is 0 Å². The van der Waals surface area contributed by atoms with Gasteiger partial charge in [0, 0.05) is 55.4 Å². The van der Waals surface area contributed by atoms with Gasteiger partial charge in [-0.1, -0.05) is 12.6 Å². The molecule has 45 heavy (non-hydrogen) atoms. The van der Waals surface area contributed by atoms with Gasteiger partial charge in [0.2, 0.25) is 5.91 Å². The summed E-state index contributed by atoms with van der Waals surface area (Å²) in [6.45, 7) is 8.93. The van der Waals surface area contributed by atoms with E-state index in [2.05, 4.69) is 49.3 Å². The van der Waals surface area contributed by atoms with E-state index in [4.69, 9.17) is 4.74 Å². The first-order valence-corrected chi connectivity index (χ1v) is 14.4. The van der Waals surface area contributed by atoms with E-state index in [9.17, 15) is 14.0 Å². The van der Waals surface area contributed by atoms with E-state index < -0.39 is 11.9 Å². The number of likely N-dealkylation sites (N-methyl/N-ethyl adjacent to an activating group) is 1. The number of nitrogens with zero attached hydrogens (tertiary/aromatic N) is 5. The second-order valence-corrected chi connectivity index (χ2v) is 10.5. The molecule has 3 N–H and O–H groups in total. The van der Waals surface area contributed by atoms with Gasteiger partial charge in [-0.3, -0.25) is 4.79 Å². The van der Waals surface area contributed by atoms with Crippen molar-refractivity contribution in [3.8, 4) is 5.75 Å². The maximum atomic E-state index is 13.9. The molecular weight excluding hydrogens is 575 g/mol. The highest BCUT2D eigenvalue weighted by atomic mass is 19.1. The SMILES string of the molecule is C=CC(=O)Nc1cccc(N(C(=O)Nc2ccc(F)c(C)c2)c2cc(Nc3ccc(N4CCN(C)CC4)cc3OC)ncn2)c1. The van der Waals surface area contributed by atoms with E-state index in [1.807, 2.05) is 18.2 Å². The molecule has 4 aromatic rings. The summed E-state index contributed by atoms with van der Waals surface area (Å²) in [6.07, 6.45) is 2.50. The van der Waals surface area contributed by atoms with E-state index in [1.54, 1.807) is 44.4 Å². The number of aromatic nitrogens is 2. The van der Waals surface area contributed by atoms with Gasteiger partial charge in [-0.15, -0.1) is 0 Å². The Kier molecular flexibility index (Phi) is 9.54. The number of aryl methyl sites for hydroxylation is 1. The maximum Gasteiger partial charge on any atom is 0.332 e. The minimum atomic E-state index is -0.563. The van der Waals surface area contributed by atoms with E-state index in [0.29, 0.717) is 39.9 Å². The second kappa shape index (κ2) is 13.9. The van der Waals surface area contributed by atoms with E-state index in [0.717, 1.165) is 37.9 Å². The zero-order valence-corrected chi connectivity index (χ0v) is 25.4. The van der Waals surface area contributed by atoms with Crippen molar-refractivity contribution in [1.29, 1.82) is 0 Å². The molecule has 0 aliphatic carbocycles. The lowest BCUT2D eigenvalue weighted by Crippen LogP contribution is -2.44. The monoisotopic (exact) mass is 610 g/mol. The Morgan fingerprint density at radius 2 is 1.76 bits per heavy atom. The number of halogens is 1. The number of amides is 3. The normalized spacial score (nSPS) is 13.1. The molecule has 0 spiro atoms. The van der Waals surface area contributed by atoms with Crippen LogP contribution < -0.4 is 30.5 Å². The fourth-order valence-electron chi connectivity index (χ4n) is 4.89. The van der Waals surface area contributed by atoms with Gasteiger partial charge in [-0.25, -0.2) is 24.1 Å². The van der Waals surface area contributed by atoms with Gasteiger partial charge in [-0.2, -0.15) is 0 Å². The number of hydrogen-bond acceptors (Lipinski definition) is 8. The first kappa shape index (κ1) is 31.0. The fraction of sp³-hybridized carbons (Fsp3) is 0.212. The number of benzene rings is 3. The number of rotatable bonds is 9. The molecule has 12 heteroatoms. The van der Waals surface area contributed by atoms with Crippen molar-refractivity contribution in [1.82, 2.24) is 14.9 Å². The summed E-state index contributed by atoms with van der Waals surface area (Å²) >= 11 is 0. The summed E-state index contributed by atoms with van der Waals surface area (Å²) in [6, 6.07) is 18.0. The van der Waals surface area contributed by atoms with Gasteiger partial charge < -0.3 is 30.5 Å². The van der Waals surface area contributed by atoms with E-state index >= 15 is 0 Å². The molecule has 1 saturated heterocycles. The topological polar surface area (TPSA) is 115 Å². The summed E-state index contributed by atoms with van der Waals surface area (Å²) in [5.74, 6) is 0.514. The zero-order chi connectivity index (χ0) is 31.9. The van der Waals surface area contributed by atoms with Crippen LogP contribution in [0.25, 0.3) is 0 Å². The van der Waals surface area contributed by atoms with Crippen LogP contribution in [0.1, 0.15) is 5.56 Å². The van der Waals surface area contributed by atoms with Crippen LogP contribution in [0.4, 0.5) is 49.3 Å². The Bertz CT molecular complexity index is 1710. The standard InChI is InChI=1S/C33H35FN8O3/c1-5-32(43)37-23-7-6-8-26(18-23)42(33(44)38-24-9-11-27(34)22(2)17-24)31-20-30(35-21-36-31)39-28-12-10-25(19-29(28)45-4)41-15-13-40(3)14-16-41/h5-12,17-21H,1,13-16H2,2-4H3,(H,37,43)(H,38,44)(H,35,36,39). The van der Waals surface area contributed by atoms with Gasteiger partial charge in [0.15, 0.2) is 0 Å². The molecular formula is C33H35FN8O3. The van der Waals surface area contributed by atoms with Gasteiger partial charge in [-0.05, 0) is 74.1 Å². The molecule has 1 aliphatic heterocycles. The van der Waals surface area contributed by atoms with Crippen molar-refractivity contribution in [2.75, 3.05) is 66.1 Å². The summed E-state index contributed by atoms with van der Waals surface area (Å²) in [5, 5.41) is 8.80. The summed E-state index contributed by atoms with van der Waals surface area (Å²) in [5.41, 5.74) is 3.40. The van der Waals surface area contributed by atoms with Crippen molar-refractivity contribution in [2.45, 2.75) is 6.92 Å². The average Bonchev–Trinajstić information content (AvgIpc) is 3.04. The zero-order valence-electron chi connectivity index (χ0n) is 25.4. The van der Waals surface area contributed by atoms with Crippen LogP contribution in [0.15, 0.2) is 85.7 Å². The van der Waals surface area contributed by atoms with Crippen molar-refractivity contribution in [3.05, 3.63) is 97.1 Å². The predicted octanol–water partition coefficient (Wildman–Crippen LogP) is 5.92. The summed E-state index contributed by atoms with van der Waals surface area (Å²) < 4.78 is 19.6. The molecule has 1 aliphatic rings. The summed E-state index contributed by atoms with van der Waals surface area (Å²) in [7, 11) is 3.73. The minimum Gasteiger partial charge on any atom is -0.494 e. The number of urea groups is 1. The number of carbonyl (C=O) groups is 2. The number of anilines is 7. The highest BCUT2D eigenvalue weighted by molar-refractivity contribution is 6.07. The molecule has 5 rings (SSSR count). The Hall–Kier alpha value is -5.49. The molecule has 3 amide bonds. The maximum absolute atomic E-state index is 13.9. The number of methoxy groups -OCH3 is 1. The molecule has 0 unspecified atom stereocenters. The molecule has 0 bridgehead atoms. The van der Waals surface area contributed by atoms with Crippen LogP contribution in [0.5, 0.6) is 5.75 Å². The van der Waals surface area contributed by atoms with Gasteiger partial charge >= 0.3 is 6.03 Å². The Labute approximate surface area is 261 Å². The molecule has 1 fully saturated rings. The Morgan fingerprint density at radius 3 is 2.49 bits per heavy atom. The Morgan fingerprint density at radius 1 is 0.978 bits per heavy atom. The van der Waals surface area contributed by atoms with Gasteiger partial charge in [0.25, 0.3) is 0 Å². The smallest absolute Gasteiger partial charge is 0.332 e. The van der Waals surface area contributed by atoms with E-state index in [1.165, 1.54) is 29.4 Å². The highest BCUT2D eigenvalue weighted by Gasteiger charge is 2.22. The predicted molar refractivity (Wildman–Crippen MR) is 176 cm³/mol. The number of ether oxygens (including phenoxy) is 1. The molecule has 2 heterocycles. The van der Waals surface area contributed by atoms with Crippen molar-refractivity contribution >= 4 is 52.0 Å². The largest absolute Gasteiger partial charge is 0.494 e. The lowest BCUT2D eigenvalue weighted by molar-refractivity contribution is -0.111. The molecule has 0 radical (unpaired) electrons. The average molecular weight is 611 g/mol. The first-order valence-electron chi connectivity index (χ1n) is 14.4. The molecule has 0 saturated carbocycles. The van der Waals surface area contributed by atoms with Crippen LogP contribution in [0.2, 0.25) is 0 Å². The lowest BCUT2D eigenvalue weighted by Gasteiger charge is -2.34. The third-order valence-corrected chi connectivity index (χ3v) is 7.37. The third-order valence-electron chi connectivity index (χ3n) is 7.37. The van der Waals surface area contributed by atoms with Crippen LogP contribution in [0, 0.1) is 12.7 Å². The van der Waals surface area contributed by atoms with Crippen molar-refractivity contribution in [2.24, 2.45) is 0 Å². The van der Waals surface area contributed by atoms with Crippen molar-refractivity contribution < 1.29 is 18.7 Å². The minimum absolute atomic E-state index is 0.240.